The summed E-state index contributed by atoms with van der Waals surface area (Å²) in [5.41, 5.74) is 1.17. The van der Waals surface area contributed by atoms with Crippen molar-refractivity contribution in [3.05, 3.63) is 42.2 Å². The smallest absolute Gasteiger partial charge is 0.131 e. The zero-order valence-corrected chi connectivity index (χ0v) is 12.8. The number of hydrogen-bond acceptors (Lipinski definition) is 5. The van der Waals surface area contributed by atoms with Gasteiger partial charge in [0.05, 0.1) is 7.11 Å². The summed E-state index contributed by atoms with van der Waals surface area (Å²) in [6.07, 6.45) is 1.57. The minimum atomic E-state index is 0.579. The van der Waals surface area contributed by atoms with Crippen LogP contribution in [-0.2, 0) is 6.54 Å². The Kier molecular flexibility index (Phi) is 5.37. The first-order valence-electron chi connectivity index (χ1n) is 7.10. The summed E-state index contributed by atoms with van der Waals surface area (Å²) < 4.78 is 5.14. The molecular weight excluding hydrogens is 264 g/mol. The van der Waals surface area contributed by atoms with E-state index in [0.717, 1.165) is 23.9 Å². The van der Waals surface area contributed by atoms with Crippen molar-refractivity contribution in [2.24, 2.45) is 5.92 Å². The third-order valence-corrected chi connectivity index (χ3v) is 2.99. The van der Waals surface area contributed by atoms with Crippen LogP contribution in [0.5, 0.6) is 5.75 Å². The summed E-state index contributed by atoms with van der Waals surface area (Å²) in [4.78, 5) is 8.44. The van der Waals surface area contributed by atoms with Gasteiger partial charge in [-0.2, -0.15) is 0 Å². The highest BCUT2D eigenvalue weighted by Crippen LogP contribution is 2.14. The molecule has 0 unspecified atom stereocenters. The van der Waals surface area contributed by atoms with Gasteiger partial charge in [-0.15, -0.1) is 0 Å². The molecule has 0 aliphatic carbocycles. The van der Waals surface area contributed by atoms with E-state index in [4.69, 9.17) is 4.74 Å². The number of methoxy groups -OCH3 is 1. The van der Waals surface area contributed by atoms with Gasteiger partial charge in [-0.3, -0.25) is 0 Å². The van der Waals surface area contributed by atoms with E-state index in [9.17, 15) is 0 Å². The average Bonchev–Trinajstić information content (AvgIpc) is 2.52. The summed E-state index contributed by atoms with van der Waals surface area (Å²) in [5.74, 6) is 3.10. The van der Waals surface area contributed by atoms with Crippen LogP contribution in [0.25, 0.3) is 0 Å². The largest absolute Gasteiger partial charge is 0.497 e. The Labute approximate surface area is 125 Å². The molecular formula is C16H22N4O. The molecule has 5 heteroatoms. The number of hydrogen-bond donors (Lipinski definition) is 2. The second-order valence-electron chi connectivity index (χ2n) is 5.26. The maximum Gasteiger partial charge on any atom is 0.131 e. The first-order valence-corrected chi connectivity index (χ1v) is 7.10. The first-order chi connectivity index (χ1) is 10.2. The topological polar surface area (TPSA) is 59.1 Å². The van der Waals surface area contributed by atoms with Crippen LogP contribution in [0.15, 0.2) is 36.7 Å². The molecule has 0 bridgehead atoms. The minimum absolute atomic E-state index is 0.579. The van der Waals surface area contributed by atoms with E-state index in [1.807, 2.05) is 30.3 Å². The van der Waals surface area contributed by atoms with Crippen LogP contribution in [0.4, 0.5) is 11.6 Å². The van der Waals surface area contributed by atoms with Gasteiger partial charge in [0.15, 0.2) is 0 Å². The van der Waals surface area contributed by atoms with Gasteiger partial charge in [0.25, 0.3) is 0 Å². The molecule has 0 radical (unpaired) electrons. The van der Waals surface area contributed by atoms with Crippen molar-refractivity contribution >= 4 is 11.6 Å². The van der Waals surface area contributed by atoms with Crippen molar-refractivity contribution in [3.63, 3.8) is 0 Å². The molecule has 1 aromatic carbocycles. The fourth-order valence-electron chi connectivity index (χ4n) is 1.80. The third-order valence-electron chi connectivity index (χ3n) is 2.99. The van der Waals surface area contributed by atoms with E-state index in [2.05, 4.69) is 34.4 Å². The Hall–Kier alpha value is -2.30. The quantitative estimate of drug-likeness (QED) is 0.818. The lowest BCUT2D eigenvalue weighted by atomic mass is 10.2. The monoisotopic (exact) mass is 286 g/mol. The molecule has 2 aromatic rings. The molecule has 0 atom stereocenters. The van der Waals surface area contributed by atoms with Crippen molar-refractivity contribution in [2.75, 3.05) is 24.3 Å². The van der Waals surface area contributed by atoms with Gasteiger partial charge in [0.1, 0.15) is 23.7 Å². The first kappa shape index (κ1) is 15.1. The lowest BCUT2D eigenvalue weighted by Crippen LogP contribution is -2.10. The second kappa shape index (κ2) is 7.47. The van der Waals surface area contributed by atoms with Crippen LogP contribution in [0.3, 0.4) is 0 Å². The van der Waals surface area contributed by atoms with Crippen LogP contribution in [-0.4, -0.2) is 23.6 Å². The standard InChI is InChI=1S/C16H22N4O/c1-12(2)9-17-15-8-16(20-11-19-15)18-10-13-4-6-14(21-3)7-5-13/h4-8,11-12H,9-10H2,1-3H3,(H2,17,18,19,20). The number of ether oxygens (including phenoxy) is 1. The van der Waals surface area contributed by atoms with Gasteiger partial charge in [-0.05, 0) is 23.6 Å². The van der Waals surface area contributed by atoms with Crippen LogP contribution < -0.4 is 15.4 Å². The lowest BCUT2D eigenvalue weighted by molar-refractivity contribution is 0.414. The Morgan fingerprint density at radius 2 is 1.71 bits per heavy atom. The van der Waals surface area contributed by atoms with Crippen molar-refractivity contribution in [1.82, 2.24) is 9.97 Å². The predicted molar refractivity (Wildman–Crippen MR) is 85.7 cm³/mol. The van der Waals surface area contributed by atoms with Gasteiger partial charge in [-0.1, -0.05) is 26.0 Å². The van der Waals surface area contributed by atoms with Gasteiger partial charge in [-0.25, -0.2) is 9.97 Å². The van der Waals surface area contributed by atoms with E-state index >= 15 is 0 Å². The van der Waals surface area contributed by atoms with Crippen LogP contribution in [0.1, 0.15) is 19.4 Å². The molecule has 2 N–H and O–H groups in total. The number of aromatic nitrogens is 2. The lowest BCUT2D eigenvalue weighted by Gasteiger charge is -2.10. The average molecular weight is 286 g/mol. The number of benzene rings is 1. The number of anilines is 2. The fraction of sp³-hybridized carbons (Fsp3) is 0.375. The Balaban J connectivity index is 1.91. The Morgan fingerprint density at radius 3 is 2.33 bits per heavy atom. The highest BCUT2D eigenvalue weighted by atomic mass is 16.5. The van der Waals surface area contributed by atoms with Crippen molar-refractivity contribution in [3.8, 4) is 5.75 Å². The van der Waals surface area contributed by atoms with Crippen molar-refractivity contribution < 1.29 is 4.74 Å². The van der Waals surface area contributed by atoms with Crippen molar-refractivity contribution in [1.29, 1.82) is 0 Å². The van der Waals surface area contributed by atoms with Crippen LogP contribution in [0.2, 0.25) is 0 Å². The fourth-order valence-corrected chi connectivity index (χ4v) is 1.80. The van der Waals surface area contributed by atoms with E-state index in [1.54, 1.807) is 13.4 Å². The van der Waals surface area contributed by atoms with Crippen molar-refractivity contribution in [2.45, 2.75) is 20.4 Å². The summed E-state index contributed by atoms with van der Waals surface area (Å²) in [6, 6.07) is 9.89. The van der Waals surface area contributed by atoms with Gasteiger partial charge in [0.2, 0.25) is 0 Å². The van der Waals surface area contributed by atoms with Crippen LogP contribution in [0, 0.1) is 5.92 Å². The molecule has 0 amide bonds. The SMILES string of the molecule is COc1ccc(CNc2cc(NCC(C)C)ncn2)cc1. The molecule has 1 heterocycles. The Morgan fingerprint density at radius 1 is 1.05 bits per heavy atom. The molecule has 0 spiro atoms. The number of nitrogens with zero attached hydrogens (tertiary/aromatic N) is 2. The molecule has 0 saturated heterocycles. The number of rotatable bonds is 7. The van der Waals surface area contributed by atoms with E-state index in [1.165, 1.54) is 5.56 Å². The van der Waals surface area contributed by atoms with Crippen LogP contribution >= 0.6 is 0 Å². The predicted octanol–water partition coefficient (Wildman–Crippen LogP) is 3.17. The van der Waals surface area contributed by atoms with Gasteiger partial charge >= 0.3 is 0 Å². The third kappa shape index (κ3) is 4.95. The molecule has 0 aliphatic heterocycles. The van der Waals surface area contributed by atoms with Gasteiger partial charge in [0, 0.05) is 19.2 Å². The normalized spacial score (nSPS) is 10.5. The zero-order valence-electron chi connectivity index (χ0n) is 12.8. The maximum atomic E-state index is 5.14. The molecule has 1 aromatic heterocycles. The van der Waals surface area contributed by atoms with E-state index in [0.29, 0.717) is 12.5 Å². The molecule has 5 nitrogen and oxygen atoms in total. The summed E-state index contributed by atoms with van der Waals surface area (Å²) in [5, 5.41) is 6.58. The highest BCUT2D eigenvalue weighted by molar-refractivity contribution is 5.46. The number of nitrogens with one attached hydrogen (secondary N) is 2. The Bertz CT molecular complexity index is 554. The molecule has 2 rings (SSSR count). The van der Waals surface area contributed by atoms with E-state index < -0.39 is 0 Å². The molecule has 112 valence electrons. The molecule has 21 heavy (non-hydrogen) atoms. The highest BCUT2D eigenvalue weighted by Gasteiger charge is 2.00. The summed E-state index contributed by atoms with van der Waals surface area (Å²) in [7, 11) is 1.67. The van der Waals surface area contributed by atoms with Gasteiger partial charge < -0.3 is 15.4 Å². The molecule has 0 saturated carbocycles. The zero-order chi connectivity index (χ0) is 15.1. The second-order valence-corrected chi connectivity index (χ2v) is 5.26. The van der Waals surface area contributed by atoms with E-state index in [-0.39, 0.29) is 0 Å². The molecule has 0 aliphatic rings. The molecule has 0 fully saturated rings. The minimum Gasteiger partial charge on any atom is -0.497 e. The summed E-state index contributed by atoms with van der Waals surface area (Å²) in [6.45, 7) is 5.94. The summed E-state index contributed by atoms with van der Waals surface area (Å²) >= 11 is 0. The maximum absolute atomic E-state index is 5.14.